The number of benzene rings is 1. The number of hydrogen-bond acceptors (Lipinski definition) is 2. The molecule has 4 heteroatoms. The maximum atomic E-state index is 14.0. The number of nitrogens with one attached hydrogen (secondary N) is 1. The van der Waals surface area contributed by atoms with E-state index in [2.05, 4.69) is 22.4 Å². The summed E-state index contributed by atoms with van der Waals surface area (Å²) < 4.78 is 14.0. The molecule has 1 aliphatic heterocycles. The molecule has 4 unspecified atom stereocenters. The average molecular weight is 368 g/mol. The van der Waals surface area contributed by atoms with Crippen molar-refractivity contribution < 1.29 is 9.18 Å². The van der Waals surface area contributed by atoms with Crippen LogP contribution in [-0.4, -0.2) is 30.4 Å². The summed E-state index contributed by atoms with van der Waals surface area (Å²) in [7, 11) is 0. The fraction of sp³-hybridized carbons (Fsp3) is 0.609. The number of allylic oxidation sites excluding steroid dienone is 2. The lowest BCUT2D eigenvalue weighted by molar-refractivity contribution is -0.119. The molecule has 1 amide bonds. The van der Waals surface area contributed by atoms with Gasteiger partial charge in [-0.3, -0.25) is 4.79 Å². The van der Waals surface area contributed by atoms with E-state index in [0.717, 1.165) is 61.2 Å². The van der Waals surface area contributed by atoms with Gasteiger partial charge in [0, 0.05) is 18.9 Å². The molecule has 4 aliphatic rings. The van der Waals surface area contributed by atoms with E-state index in [1.807, 2.05) is 6.07 Å². The number of hydrogen-bond donors (Lipinski definition) is 1. The molecule has 3 nitrogen and oxygen atoms in total. The zero-order chi connectivity index (χ0) is 18.6. The van der Waals surface area contributed by atoms with Crippen molar-refractivity contribution in [2.75, 3.05) is 19.6 Å². The predicted molar refractivity (Wildman–Crippen MR) is 104 cm³/mol. The molecule has 1 aromatic rings. The molecule has 0 aromatic heterocycles. The van der Waals surface area contributed by atoms with E-state index in [-0.39, 0.29) is 23.2 Å². The molecule has 4 atom stereocenters. The molecule has 1 aromatic carbocycles. The van der Waals surface area contributed by atoms with Crippen LogP contribution in [0.2, 0.25) is 0 Å². The monoisotopic (exact) mass is 368 g/mol. The third kappa shape index (κ3) is 3.02. The van der Waals surface area contributed by atoms with Crippen LogP contribution in [0.3, 0.4) is 0 Å². The fourth-order valence-corrected chi connectivity index (χ4v) is 6.35. The molecule has 1 N–H and O–H groups in total. The number of amides is 1. The maximum absolute atomic E-state index is 14.0. The molecule has 1 spiro atoms. The van der Waals surface area contributed by atoms with Crippen LogP contribution in [0.1, 0.15) is 56.2 Å². The number of nitrogens with zero attached hydrogens (tertiary/aromatic N) is 1. The summed E-state index contributed by atoms with van der Waals surface area (Å²) in [4.78, 5) is 14.3. The summed E-state index contributed by atoms with van der Waals surface area (Å²) in [5.41, 5.74) is 2.29. The highest BCUT2D eigenvalue weighted by Gasteiger charge is 2.46. The van der Waals surface area contributed by atoms with Crippen LogP contribution in [0.4, 0.5) is 4.39 Å². The van der Waals surface area contributed by atoms with Gasteiger partial charge in [0.1, 0.15) is 5.82 Å². The van der Waals surface area contributed by atoms with E-state index in [4.69, 9.17) is 0 Å². The molecule has 27 heavy (non-hydrogen) atoms. The third-order valence-corrected chi connectivity index (χ3v) is 7.66. The number of fused-ring (bicyclic) bond motifs is 4. The van der Waals surface area contributed by atoms with E-state index >= 15 is 0 Å². The van der Waals surface area contributed by atoms with E-state index in [1.165, 1.54) is 25.5 Å². The van der Waals surface area contributed by atoms with E-state index in [9.17, 15) is 9.18 Å². The van der Waals surface area contributed by atoms with Gasteiger partial charge in [-0.15, -0.1) is 0 Å². The van der Waals surface area contributed by atoms with Gasteiger partial charge in [-0.25, -0.2) is 4.39 Å². The summed E-state index contributed by atoms with van der Waals surface area (Å²) in [6.07, 6.45) is 10.6. The van der Waals surface area contributed by atoms with Gasteiger partial charge in [0.2, 0.25) is 5.91 Å². The van der Waals surface area contributed by atoms with Crippen molar-refractivity contribution in [1.82, 2.24) is 10.2 Å². The Kier molecular flexibility index (Phi) is 4.15. The first-order chi connectivity index (χ1) is 13.0. The molecule has 1 saturated carbocycles. The first-order valence-electron chi connectivity index (χ1n) is 10.5. The van der Waals surface area contributed by atoms with Crippen LogP contribution in [0.5, 0.6) is 0 Å². The van der Waals surface area contributed by atoms with Gasteiger partial charge >= 0.3 is 0 Å². The first kappa shape index (κ1) is 17.4. The minimum atomic E-state index is -0.159. The van der Waals surface area contributed by atoms with Crippen molar-refractivity contribution in [2.24, 2.45) is 17.8 Å². The van der Waals surface area contributed by atoms with E-state index in [1.54, 1.807) is 13.0 Å². The van der Waals surface area contributed by atoms with Crippen molar-refractivity contribution in [3.8, 4) is 0 Å². The van der Waals surface area contributed by atoms with Crippen molar-refractivity contribution in [1.29, 1.82) is 0 Å². The number of carbonyl (C=O) groups is 1. The Balaban J connectivity index is 1.30. The lowest BCUT2D eigenvalue weighted by Crippen LogP contribution is -2.44. The Morgan fingerprint density at radius 1 is 1.26 bits per heavy atom. The number of piperidine rings is 1. The molecule has 1 saturated heterocycles. The van der Waals surface area contributed by atoms with Gasteiger partial charge in [0.05, 0.1) is 6.04 Å². The lowest BCUT2D eigenvalue weighted by Gasteiger charge is -2.41. The Bertz CT molecular complexity index is 781. The van der Waals surface area contributed by atoms with Gasteiger partial charge in [-0.05, 0) is 86.2 Å². The zero-order valence-electron chi connectivity index (χ0n) is 16.1. The van der Waals surface area contributed by atoms with E-state index in [0.29, 0.717) is 0 Å². The highest BCUT2D eigenvalue weighted by atomic mass is 19.1. The van der Waals surface area contributed by atoms with Gasteiger partial charge in [-0.2, -0.15) is 0 Å². The van der Waals surface area contributed by atoms with Crippen molar-refractivity contribution >= 4 is 5.91 Å². The smallest absolute Gasteiger partial charge is 0.217 e. The number of carbonyl (C=O) groups excluding carboxylic acids is 1. The Morgan fingerprint density at radius 2 is 2.07 bits per heavy atom. The Hall–Kier alpha value is -1.68. The molecule has 2 bridgehead atoms. The molecular formula is C23H29FN2O. The molecule has 0 radical (unpaired) electrons. The highest BCUT2D eigenvalue weighted by Crippen LogP contribution is 2.51. The highest BCUT2D eigenvalue weighted by molar-refractivity contribution is 5.73. The summed E-state index contributed by atoms with van der Waals surface area (Å²) in [5, 5.41) is 3.09. The second-order valence-electron chi connectivity index (χ2n) is 9.31. The fourth-order valence-electron chi connectivity index (χ4n) is 6.35. The van der Waals surface area contributed by atoms with Crippen molar-refractivity contribution in [3.63, 3.8) is 0 Å². The third-order valence-electron chi connectivity index (χ3n) is 7.66. The van der Waals surface area contributed by atoms with Crippen LogP contribution in [-0.2, 0) is 10.2 Å². The van der Waals surface area contributed by atoms with Crippen LogP contribution < -0.4 is 5.32 Å². The minimum absolute atomic E-state index is 0.00546. The number of rotatable bonds is 3. The van der Waals surface area contributed by atoms with Crippen LogP contribution in [0, 0.1) is 23.6 Å². The van der Waals surface area contributed by atoms with Gasteiger partial charge in [0.15, 0.2) is 0 Å². The first-order valence-corrected chi connectivity index (χ1v) is 10.5. The Morgan fingerprint density at radius 3 is 2.74 bits per heavy atom. The molecule has 144 valence electrons. The summed E-state index contributed by atoms with van der Waals surface area (Å²) in [6, 6.07) is 5.17. The van der Waals surface area contributed by atoms with Crippen LogP contribution >= 0.6 is 0 Å². The number of likely N-dealkylation sites (tertiary alicyclic amines) is 1. The molecular weight excluding hydrogens is 339 g/mol. The van der Waals surface area contributed by atoms with Gasteiger partial charge in [-0.1, -0.05) is 18.2 Å². The average Bonchev–Trinajstić information content (AvgIpc) is 3.31. The quantitative estimate of drug-likeness (QED) is 0.820. The standard InChI is InChI=1S/C23H29FN2O/c1-15(27)25-22-13-23(21-12-19(24)4-5-20(21)22)6-8-26(9-7-23)14-18-11-16-2-3-17(18)10-16/h2-5,12,16-18,22H,6-11,13-14H2,1H3,(H,25,27). The molecule has 2 fully saturated rings. The van der Waals surface area contributed by atoms with Gasteiger partial charge < -0.3 is 10.2 Å². The topological polar surface area (TPSA) is 32.3 Å². The second kappa shape index (κ2) is 6.44. The minimum Gasteiger partial charge on any atom is -0.349 e. The van der Waals surface area contributed by atoms with Gasteiger partial charge in [0.25, 0.3) is 0 Å². The van der Waals surface area contributed by atoms with Crippen molar-refractivity contribution in [2.45, 2.75) is 50.5 Å². The predicted octanol–water partition coefficient (Wildman–Crippen LogP) is 3.95. The van der Waals surface area contributed by atoms with E-state index < -0.39 is 0 Å². The summed E-state index contributed by atoms with van der Waals surface area (Å²) >= 11 is 0. The molecule has 3 aliphatic carbocycles. The van der Waals surface area contributed by atoms with Crippen LogP contribution in [0.15, 0.2) is 30.4 Å². The zero-order valence-corrected chi connectivity index (χ0v) is 16.1. The second-order valence-corrected chi connectivity index (χ2v) is 9.31. The molecule has 1 heterocycles. The van der Waals surface area contributed by atoms with Crippen LogP contribution in [0.25, 0.3) is 0 Å². The maximum Gasteiger partial charge on any atom is 0.217 e. The Labute approximate surface area is 161 Å². The molecule has 5 rings (SSSR count). The largest absolute Gasteiger partial charge is 0.349 e. The summed E-state index contributed by atoms with van der Waals surface area (Å²) in [5.74, 6) is 2.30. The lowest BCUT2D eigenvalue weighted by atomic mass is 9.73. The SMILES string of the molecule is CC(=O)NC1CC2(CCN(CC3CC4C=CC3C4)CC2)c2cc(F)ccc21. The number of halogens is 1. The normalized spacial score (nSPS) is 33.6. The summed E-state index contributed by atoms with van der Waals surface area (Å²) in [6.45, 7) is 4.95. The van der Waals surface area contributed by atoms with Crippen molar-refractivity contribution in [3.05, 3.63) is 47.3 Å².